The molecule has 1 fully saturated rings. The second-order valence-corrected chi connectivity index (χ2v) is 9.87. The number of ether oxygens (including phenoxy) is 1. The number of rotatable bonds is 9. The maximum absolute atomic E-state index is 14.6. The molecule has 2 heterocycles. The van der Waals surface area contributed by atoms with E-state index in [1.807, 2.05) is 13.0 Å². The normalized spacial score (nSPS) is 14.3. The van der Waals surface area contributed by atoms with Crippen molar-refractivity contribution in [3.05, 3.63) is 77.7 Å². The summed E-state index contributed by atoms with van der Waals surface area (Å²) in [5.74, 6) is 2.68. The minimum atomic E-state index is -0.611. The lowest BCUT2D eigenvalue weighted by Crippen LogP contribution is -2.20. The lowest BCUT2D eigenvalue weighted by Gasteiger charge is -2.24. The summed E-state index contributed by atoms with van der Waals surface area (Å²) in [6, 6.07) is 14.4. The van der Waals surface area contributed by atoms with Gasteiger partial charge in [-0.05, 0) is 62.1 Å². The largest absolute Gasteiger partial charge is 0.438 e. The standard InChI is InChI=1S/C30H28FN5O3/c1-4-15-30(3,5-2)21-8-6-7-20(16-21)29(38)32-24-17-22(11-12-23(24)31)39-27-14-13-26-33-25(18-36(26)35-27)34-28(37)19-9-10-19/h2,6-8,11-14,16-19H,4,9-10,15H2,1,3H3,(H,32,38)(H,34,37). The Hall–Kier alpha value is -4.71. The first-order chi connectivity index (χ1) is 18.8. The van der Waals surface area contributed by atoms with Gasteiger partial charge in [-0.2, -0.15) is 0 Å². The van der Waals surface area contributed by atoms with Gasteiger partial charge in [0.1, 0.15) is 11.6 Å². The number of nitrogens with one attached hydrogen (secondary N) is 2. The Labute approximate surface area is 225 Å². The van der Waals surface area contributed by atoms with Gasteiger partial charge in [-0.1, -0.05) is 31.4 Å². The highest BCUT2D eigenvalue weighted by molar-refractivity contribution is 6.04. The molecule has 1 aliphatic rings. The molecule has 2 aromatic carbocycles. The second-order valence-electron chi connectivity index (χ2n) is 9.87. The summed E-state index contributed by atoms with van der Waals surface area (Å²) in [5.41, 5.74) is 1.21. The zero-order valence-corrected chi connectivity index (χ0v) is 21.7. The van der Waals surface area contributed by atoms with E-state index in [2.05, 4.69) is 33.6 Å². The molecule has 2 aromatic heterocycles. The third-order valence-electron chi connectivity index (χ3n) is 6.73. The number of hydrogen-bond donors (Lipinski definition) is 2. The molecule has 0 saturated heterocycles. The number of fused-ring (bicyclic) bond motifs is 1. The van der Waals surface area contributed by atoms with Gasteiger partial charge in [-0.3, -0.25) is 9.59 Å². The molecule has 1 aliphatic carbocycles. The molecule has 0 aliphatic heterocycles. The average Bonchev–Trinajstić information content (AvgIpc) is 3.71. The molecule has 2 N–H and O–H groups in total. The molecule has 9 heteroatoms. The number of nitrogens with zero attached hydrogens (tertiary/aromatic N) is 3. The maximum Gasteiger partial charge on any atom is 0.255 e. The van der Waals surface area contributed by atoms with Gasteiger partial charge in [0.2, 0.25) is 11.8 Å². The van der Waals surface area contributed by atoms with Crippen LogP contribution in [0.2, 0.25) is 0 Å². The number of hydrogen-bond acceptors (Lipinski definition) is 5. The van der Waals surface area contributed by atoms with Gasteiger partial charge in [0.05, 0.1) is 17.3 Å². The lowest BCUT2D eigenvalue weighted by molar-refractivity contribution is -0.117. The third-order valence-corrected chi connectivity index (χ3v) is 6.73. The van der Waals surface area contributed by atoms with Crippen molar-refractivity contribution in [3.63, 3.8) is 0 Å². The highest BCUT2D eigenvalue weighted by Gasteiger charge is 2.30. The summed E-state index contributed by atoms with van der Waals surface area (Å²) >= 11 is 0. The number of carbonyl (C=O) groups is 2. The highest BCUT2D eigenvalue weighted by Crippen LogP contribution is 2.31. The smallest absolute Gasteiger partial charge is 0.255 e. The van der Waals surface area contributed by atoms with Gasteiger partial charge >= 0.3 is 0 Å². The summed E-state index contributed by atoms with van der Waals surface area (Å²) < 4.78 is 21.9. The average molecular weight is 526 g/mol. The van der Waals surface area contributed by atoms with Gasteiger partial charge in [0.25, 0.3) is 5.91 Å². The van der Waals surface area contributed by atoms with Crippen LogP contribution in [0.1, 0.15) is 55.5 Å². The minimum Gasteiger partial charge on any atom is -0.438 e. The molecule has 2 amide bonds. The maximum atomic E-state index is 14.6. The summed E-state index contributed by atoms with van der Waals surface area (Å²) in [7, 11) is 0. The molecular weight excluding hydrogens is 497 g/mol. The number of anilines is 2. The van der Waals surface area contributed by atoms with Crippen molar-refractivity contribution in [3.8, 4) is 24.0 Å². The number of terminal acetylenes is 1. The van der Waals surface area contributed by atoms with Crippen LogP contribution in [0.15, 0.2) is 60.8 Å². The van der Waals surface area contributed by atoms with Crippen LogP contribution in [0, 0.1) is 24.1 Å². The van der Waals surface area contributed by atoms with Crippen LogP contribution in [-0.4, -0.2) is 26.4 Å². The molecule has 198 valence electrons. The quantitative estimate of drug-likeness (QED) is 0.263. The van der Waals surface area contributed by atoms with E-state index >= 15 is 0 Å². The molecular formula is C30H28FN5O3. The van der Waals surface area contributed by atoms with Crippen LogP contribution in [0.3, 0.4) is 0 Å². The SMILES string of the molecule is C#CC(C)(CCC)c1cccc(C(=O)Nc2cc(Oc3ccc4nc(NC(=O)C5CC5)cn4n3)ccc2F)c1. The zero-order valence-electron chi connectivity index (χ0n) is 21.7. The number of halogens is 1. The van der Waals surface area contributed by atoms with E-state index in [4.69, 9.17) is 11.2 Å². The molecule has 0 bridgehead atoms. The summed E-state index contributed by atoms with van der Waals surface area (Å²) in [4.78, 5) is 29.4. The fourth-order valence-corrected chi connectivity index (χ4v) is 4.34. The number of aromatic nitrogens is 3. The van der Waals surface area contributed by atoms with Crippen LogP contribution in [-0.2, 0) is 10.2 Å². The van der Waals surface area contributed by atoms with Crippen molar-refractivity contribution >= 4 is 29.0 Å². The van der Waals surface area contributed by atoms with E-state index in [1.165, 1.54) is 22.7 Å². The van der Waals surface area contributed by atoms with Gasteiger partial charge in [0, 0.05) is 23.6 Å². The lowest BCUT2D eigenvalue weighted by atomic mass is 9.79. The van der Waals surface area contributed by atoms with Crippen LogP contribution in [0.5, 0.6) is 11.6 Å². The van der Waals surface area contributed by atoms with Gasteiger partial charge in [0.15, 0.2) is 11.5 Å². The van der Waals surface area contributed by atoms with Gasteiger partial charge in [-0.25, -0.2) is 13.9 Å². The molecule has 8 nitrogen and oxygen atoms in total. The van der Waals surface area contributed by atoms with Crippen molar-refractivity contribution in [2.24, 2.45) is 5.92 Å². The molecule has 0 radical (unpaired) electrons. The fourth-order valence-electron chi connectivity index (χ4n) is 4.34. The molecule has 5 rings (SSSR count). The first-order valence-electron chi connectivity index (χ1n) is 12.8. The first-order valence-corrected chi connectivity index (χ1v) is 12.8. The van der Waals surface area contributed by atoms with E-state index in [0.717, 1.165) is 31.2 Å². The van der Waals surface area contributed by atoms with Crippen molar-refractivity contribution in [1.29, 1.82) is 0 Å². The molecule has 39 heavy (non-hydrogen) atoms. The Bertz CT molecular complexity index is 1600. The highest BCUT2D eigenvalue weighted by atomic mass is 19.1. The van der Waals surface area contributed by atoms with Crippen molar-refractivity contribution in [2.75, 3.05) is 10.6 Å². The van der Waals surface area contributed by atoms with Gasteiger partial charge < -0.3 is 15.4 Å². The Morgan fingerprint density at radius 2 is 2.00 bits per heavy atom. The number of amides is 2. The number of imidazole rings is 1. The fraction of sp³-hybridized carbons (Fsp3) is 0.267. The van der Waals surface area contributed by atoms with Crippen LogP contribution < -0.4 is 15.4 Å². The Morgan fingerprint density at radius 1 is 1.18 bits per heavy atom. The predicted molar refractivity (Wildman–Crippen MR) is 146 cm³/mol. The minimum absolute atomic E-state index is 0.0371. The number of benzene rings is 2. The van der Waals surface area contributed by atoms with Gasteiger partial charge in [-0.15, -0.1) is 11.5 Å². The molecule has 1 atom stereocenters. The van der Waals surface area contributed by atoms with Crippen LogP contribution >= 0.6 is 0 Å². The molecule has 4 aromatic rings. The molecule has 1 saturated carbocycles. The summed E-state index contributed by atoms with van der Waals surface area (Å²) in [6.07, 6.45) is 10.9. The second kappa shape index (κ2) is 10.6. The summed E-state index contributed by atoms with van der Waals surface area (Å²) in [5, 5.41) is 9.77. The third kappa shape index (κ3) is 5.75. The summed E-state index contributed by atoms with van der Waals surface area (Å²) in [6.45, 7) is 4.02. The number of carbonyl (C=O) groups excluding carboxylic acids is 2. The topological polar surface area (TPSA) is 97.6 Å². The van der Waals surface area contributed by atoms with Crippen molar-refractivity contribution < 1.29 is 18.7 Å². The van der Waals surface area contributed by atoms with E-state index in [-0.39, 0.29) is 29.1 Å². The Morgan fingerprint density at radius 3 is 2.74 bits per heavy atom. The van der Waals surface area contributed by atoms with Crippen LogP contribution in [0.4, 0.5) is 15.9 Å². The van der Waals surface area contributed by atoms with E-state index < -0.39 is 17.1 Å². The van der Waals surface area contributed by atoms with E-state index in [0.29, 0.717) is 17.0 Å². The van der Waals surface area contributed by atoms with E-state index in [1.54, 1.807) is 36.5 Å². The monoisotopic (exact) mass is 525 g/mol. The Balaban J connectivity index is 1.31. The van der Waals surface area contributed by atoms with Crippen molar-refractivity contribution in [1.82, 2.24) is 14.6 Å². The Kier molecular flexibility index (Phi) is 7.03. The first kappa shape index (κ1) is 25.9. The molecule has 0 spiro atoms. The zero-order chi connectivity index (χ0) is 27.6. The van der Waals surface area contributed by atoms with Crippen molar-refractivity contribution in [2.45, 2.75) is 44.9 Å². The predicted octanol–water partition coefficient (Wildman–Crippen LogP) is 5.95. The van der Waals surface area contributed by atoms with E-state index in [9.17, 15) is 14.0 Å². The van der Waals surface area contributed by atoms with Crippen LogP contribution in [0.25, 0.3) is 5.65 Å². The molecule has 1 unspecified atom stereocenters.